The first-order valence-corrected chi connectivity index (χ1v) is 11.7. The van der Waals surface area contributed by atoms with Crippen molar-refractivity contribution in [3.63, 3.8) is 0 Å². The highest BCUT2D eigenvalue weighted by molar-refractivity contribution is 5.69. The van der Waals surface area contributed by atoms with Crippen LogP contribution >= 0.6 is 0 Å². The van der Waals surface area contributed by atoms with Gasteiger partial charge in [0.1, 0.15) is 24.2 Å². The second-order valence-corrected chi connectivity index (χ2v) is 8.45. The highest BCUT2D eigenvalue weighted by Gasteiger charge is 2.17. The fraction of sp³-hybridized carbons (Fsp3) is 0.519. The van der Waals surface area contributed by atoms with Gasteiger partial charge < -0.3 is 19.1 Å². The van der Waals surface area contributed by atoms with E-state index in [4.69, 9.17) is 14.2 Å². The van der Waals surface area contributed by atoms with Crippen LogP contribution in [0.4, 0.5) is 0 Å². The lowest BCUT2D eigenvalue weighted by atomic mass is 10.0. The molecule has 0 aliphatic carbocycles. The molecule has 0 bridgehead atoms. The van der Waals surface area contributed by atoms with E-state index < -0.39 is 0 Å². The Morgan fingerprint density at radius 2 is 1.72 bits per heavy atom. The first-order chi connectivity index (χ1) is 15.5. The molecular formula is C27H39NO4. The molecule has 0 aliphatic rings. The van der Waals surface area contributed by atoms with E-state index in [1.54, 1.807) is 7.11 Å². The van der Waals surface area contributed by atoms with E-state index in [-0.39, 0.29) is 12.1 Å². The van der Waals surface area contributed by atoms with Gasteiger partial charge in [-0.1, -0.05) is 56.5 Å². The molecule has 0 radical (unpaired) electrons. The highest BCUT2D eigenvalue weighted by Crippen LogP contribution is 2.21. The third-order valence-corrected chi connectivity index (χ3v) is 5.34. The number of likely N-dealkylation sites (N-methyl/N-ethyl adjacent to an activating group) is 1. The maximum atomic E-state index is 12.3. The van der Waals surface area contributed by atoms with Gasteiger partial charge in [-0.05, 0) is 62.7 Å². The van der Waals surface area contributed by atoms with Crippen molar-refractivity contribution < 1.29 is 19.0 Å². The van der Waals surface area contributed by atoms with Gasteiger partial charge in [-0.15, -0.1) is 0 Å². The van der Waals surface area contributed by atoms with Crippen LogP contribution in [0.1, 0.15) is 50.2 Å². The number of esters is 1. The van der Waals surface area contributed by atoms with Gasteiger partial charge in [0.05, 0.1) is 7.11 Å². The van der Waals surface area contributed by atoms with Crippen molar-refractivity contribution in [3.8, 4) is 11.5 Å². The second kappa shape index (κ2) is 14.5. The minimum absolute atomic E-state index is 0.135. The number of unbranched alkanes of at least 4 members (excludes halogenated alkanes) is 3. The molecule has 2 aromatic carbocycles. The van der Waals surface area contributed by atoms with Crippen LogP contribution in [0.3, 0.4) is 0 Å². The minimum Gasteiger partial charge on any atom is -0.497 e. The predicted molar refractivity (Wildman–Crippen MR) is 130 cm³/mol. The number of para-hydroxylation sites is 1. The van der Waals surface area contributed by atoms with E-state index >= 15 is 0 Å². The largest absolute Gasteiger partial charge is 0.497 e. The number of nitrogens with zero attached hydrogens (tertiary/aromatic N) is 1. The van der Waals surface area contributed by atoms with E-state index in [1.807, 2.05) is 49.3 Å². The summed E-state index contributed by atoms with van der Waals surface area (Å²) in [5.41, 5.74) is 2.40. The molecule has 0 heterocycles. The van der Waals surface area contributed by atoms with E-state index in [9.17, 15) is 4.79 Å². The highest BCUT2D eigenvalue weighted by atomic mass is 16.6. The standard InChI is InChI=1S/C27H39NO4/c1-5-6-7-8-13-27(29)32-25(20-28(2)3)21-31-26-12-10-9-11-23(26)17-14-22-15-18-24(30-4)19-16-22/h9-12,15-16,18-19,25H,5-8,13-14,17,20-21H2,1-4H3/t25-/m1/s1. The number of carbonyl (C=O) groups is 1. The van der Waals surface area contributed by atoms with Gasteiger partial charge in [-0.3, -0.25) is 4.79 Å². The zero-order chi connectivity index (χ0) is 23.2. The Hall–Kier alpha value is -2.53. The van der Waals surface area contributed by atoms with Crippen molar-refractivity contribution in [2.45, 2.75) is 58.0 Å². The molecular weight excluding hydrogens is 402 g/mol. The molecule has 0 N–H and O–H groups in total. The van der Waals surface area contributed by atoms with Gasteiger partial charge in [-0.2, -0.15) is 0 Å². The number of ether oxygens (including phenoxy) is 3. The summed E-state index contributed by atoms with van der Waals surface area (Å²) in [6, 6.07) is 16.3. The molecule has 0 aliphatic heterocycles. The topological polar surface area (TPSA) is 48.0 Å². The Balaban J connectivity index is 1.91. The minimum atomic E-state index is -0.293. The average Bonchev–Trinajstić information content (AvgIpc) is 2.79. The van der Waals surface area contributed by atoms with Crippen LogP contribution < -0.4 is 9.47 Å². The molecule has 0 fully saturated rings. The maximum absolute atomic E-state index is 12.3. The number of hydrogen-bond donors (Lipinski definition) is 0. The van der Waals surface area contributed by atoms with Crippen LogP contribution in [-0.2, 0) is 22.4 Å². The Kier molecular flexibility index (Phi) is 11.7. The number of methoxy groups -OCH3 is 1. The summed E-state index contributed by atoms with van der Waals surface area (Å²) < 4.78 is 17.1. The lowest BCUT2D eigenvalue weighted by Gasteiger charge is -2.22. The summed E-state index contributed by atoms with van der Waals surface area (Å²) in [6.07, 6.45) is 6.24. The van der Waals surface area contributed by atoms with Crippen LogP contribution in [0.5, 0.6) is 11.5 Å². The van der Waals surface area contributed by atoms with Crippen molar-refractivity contribution in [1.82, 2.24) is 4.90 Å². The third kappa shape index (κ3) is 9.73. The van der Waals surface area contributed by atoms with Crippen LogP contribution in [0.2, 0.25) is 0 Å². The van der Waals surface area contributed by atoms with E-state index in [2.05, 4.69) is 25.1 Å². The van der Waals surface area contributed by atoms with Gasteiger partial charge >= 0.3 is 5.97 Å². The summed E-state index contributed by atoms with van der Waals surface area (Å²) in [7, 11) is 5.63. The molecule has 0 unspecified atom stereocenters. The van der Waals surface area contributed by atoms with Gasteiger partial charge in [0.25, 0.3) is 0 Å². The first-order valence-electron chi connectivity index (χ1n) is 11.7. The van der Waals surface area contributed by atoms with Gasteiger partial charge in [0.2, 0.25) is 0 Å². The molecule has 5 nitrogen and oxygen atoms in total. The van der Waals surface area contributed by atoms with Crippen molar-refractivity contribution in [3.05, 3.63) is 59.7 Å². The number of benzene rings is 2. The van der Waals surface area contributed by atoms with E-state index in [0.29, 0.717) is 19.6 Å². The normalized spacial score (nSPS) is 11.9. The third-order valence-electron chi connectivity index (χ3n) is 5.34. The average molecular weight is 442 g/mol. The zero-order valence-corrected chi connectivity index (χ0v) is 20.1. The molecule has 32 heavy (non-hydrogen) atoms. The molecule has 176 valence electrons. The van der Waals surface area contributed by atoms with Crippen molar-refractivity contribution in [2.75, 3.05) is 34.4 Å². The van der Waals surface area contributed by atoms with Crippen LogP contribution in [0.15, 0.2) is 48.5 Å². The molecule has 1 atom stereocenters. The van der Waals surface area contributed by atoms with Crippen LogP contribution in [-0.4, -0.2) is 51.3 Å². The van der Waals surface area contributed by atoms with E-state index in [0.717, 1.165) is 55.6 Å². The molecule has 0 saturated heterocycles. The SMILES string of the molecule is CCCCCCC(=O)O[C@@H](COc1ccccc1CCc1ccc(OC)cc1)CN(C)C. The van der Waals surface area contributed by atoms with Gasteiger partial charge in [-0.25, -0.2) is 0 Å². The predicted octanol–water partition coefficient (Wildman–Crippen LogP) is 5.30. The lowest BCUT2D eigenvalue weighted by Crippen LogP contribution is -2.35. The Labute approximate surface area is 193 Å². The van der Waals surface area contributed by atoms with Crippen LogP contribution in [0.25, 0.3) is 0 Å². The molecule has 5 heteroatoms. The summed E-state index contributed by atoms with van der Waals surface area (Å²) >= 11 is 0. The first kappa shape index (κ1) is 25.7. The smallest absolute Gasteiger partial charge is 0.306 e. The molecule has 0 saturated carbocycles. The molecule has 2 rings (SSSR count). The summed E-state index contributed by atoms with van der Waals surface area (Å²) in [5.74, 6) is 1.58. The van der Waals surface area contributed by atoms with Crippen molar-refractivity contribution >= 4 is 5.97 Å². The molecule has 2 aromatic rings. The van der Waals surface area contributed by atoms with Crippen molar-refractivity contribution in [1.29, 1.82) is 0 Å². The number of carbonyl (C=O) groups excluding carboxylic acids is 1. The molecule has 0 aromatic heterocycles. The fourth-order valence-corrected chi connectivity index (χ4v) is 3.58. The lowest BCUT2D eigenvalue weighted by molar-refractivity contribution is -0.151. The maximum Gasteiger partial charge on any atom is 0.306 e. The Morgan fingerprint density at radius 1 is 0.969 bits per heavy atom. The summed E-state index contributed by atoms with van der Waals surface area (Å²) in [4.78, 5) is 14.3. The van der Waals surface area contributed by atoms with E-state index in [1.165, 1.54) is 5.56 Å². The number of hydrogen-bond acceptors (Lipinski definition) is 5. The Morgan fingerprint density at radius 3 is 2.41 bits per heavy atom. The van der Waals surface area contributed by atoms with Crippen LogP contribution in [0, 0.1) is 0 Å². The summed E-state index contributed by atoms with van der Waals surface area (Å²) in [5, 5.41) is 0. The van der Waals surface area contributed by atoms with Gasteiger partial charge in [0.15, 0.2) is 0 Å². The molecule has 0 spiro atoms. The van der Waals surface area contributed by atoms with Gasteiger partial charge in [0, 0.05) is 13.0 Å². The monoisotopic (exact) mass is 441 g/mol. The number of rotatable bonds is 15. The van der Waals surface area contributed by atoms with Crippen molar-refractivity contribution in [2.24, 2.45) is 0 Å². The zero-order valence-electron chi connectivity index (χ0n) is 20.1. The number of aryl methyl sites for hydroxylation is 2. The fourth-order valence-electron chi connectivity index (χ4n) is 3.58. The quantitative estimate of drug-likeness (QED) is 0.277. The molecule has 0 amide bonds. The summed E-state index contributed by atoms with van der Waals surface area (Å²) in [6.45, 7) is 3.14. The Bertz CT molecular complexity index is 788. The second-order valence-electron chi connectivity index (χ2n) is 8.45.